The molecule has 0 radical (unpaired) electrons. The van der Waals surface area contributed by atoms with Crippen LogP contribution in [0.15, 0.2) is 18.3 Å². The Labute approximate surface area is 171 Å². The minimum Gasteiger partial charge on any atom is -0.353 e. The van der Waals surface area contributed by atoms with Crippen LogP contribution in [0.5, 0.6) is 0 Å². The molecule has 1 heterocycles. The first-order chi connectivity index (χ1) is 13.0. The summed E-state index contributed by atoms with van der Waals surface area (Å²) in [5, 5.41) is 0. The van der Waals surface area contributed by atoms with Gasteiger partial charge in [-0.3, -0.25) is 9.59 Å². The average Bonchev–Trinajstić information content (AvgIpc) is 3.30. The highest BCUT2D eigenvalue weighted by atomic mass is 16.2. The van der Waals surface area contributed by atoms with Gasteiger partial charge in [0.05, 0.1) is 13.1 Å². The molecule has 0 aromatic carbocycles. The Morgan fingerprint density at radius 1 is 1.18 bits per heavy atom. The van der Waals surface area contributed by atoms with Crippen molar-refractivity contribution in [2.45, 2.75) is 85.9 Å². The molecule has 1 atom stereocenters. The maximum absolute atomic E-state index is 13.1. The fourth-order valence-electron chi connectivity index (χ4n) is 3.97. The first-order valence-corrected chi connectivity index (χ1v) is 10.7. The third-order valence-corrected chi connectivity index (χ3v) is 5.42. The largest absolute Gasteiger partial charge is 0.353 e. The van der Waals surface area contributed by atoms with Gasteiger partial charge in [0.2, 0.25) is 11.8 Å². The maximum atomic E-state index is 13.1. The number of nitrogens with zero attached hydrogens (tertiary/aromatic N) is 3. The van der Waals surface area contributed by atoms with Crippen molar-refractivity contribution in [1.29, 1.82) is 0 Å². The van der Waals surface area contributed by atoms with Crippen LogP contribution < -0.4 is 0 Å². The van der Waals surface area contributed by atoms with Crippen molar-refractivity contribution in [2.24, 2.45) is 18.4 Å². The molecule has 1 fully saturated rings. The molecule has 1 aromatic rings. The molecule has 5 nitrogen and oxygen atoms in total. The summed E-state index contributed by atoms with van der Waals surface area (Å²) in [6, 6.07) is 4.41. The van der Waals surface area contributed by atoms with Crippen molar-refractivity contribution in [3.05, 3.63) is 24.0 Å². The van der Waals surface area contributed by atoms with Gasteiger partial charge >= 0.3 is 0 Å². The van der Waals surface area contributed by atoms with Gasteiger partial charge < -0.3 is 14.4 Å². The van der Waals surface area contributed by atoms with E-state index in [9.17, 15) is 9.59 Å². The van der Waals surface area contributed by atoms with E-state index in [4.69, 9.17) is 0 Å². The van der Waals surface area contributed by atoms with Crippen molar-refractivity contribution in [2.75, 3.05) is 6.54 Å². The second-order valence-corrected chi connectivity index (χ2v) is 10.1. The third-order valence-electron chi connectivity index (χ3n) is 5.42. The zero-order valence-corrected chi connectivity index (χ0v) is 18.9. The predicted octanol–water partition coefficient (Wildman–Crippen LogP) is 4.22. The lowest BCUT2D eigenvalue weighted by Gasteiger charge is -2.32. The van der Waals surface area contributed by atoms with Crippen molar-refractivity contribution >= 4 is 11.8 Å². The van der Waals surface area contributed by atoms with Crippen molar-refractivity contribution < 1.29 is 9.59 Å². The quantitative estimate of drug-likeness (QED) is 0.635. The number of carbonyl (C=O) groups is 2. The molecule has 2 rings (SSSR count). The van der Waals surface area contributed by atoms with Crippen molar-refractivity contribution in [3.63, 3.8) is 0 Å². The van der Waals surface area contributed by atoms with E-state index in [-0.39, 0.29) is 29.8 Å². The Hall–Kier alpha value is -1.78. The number of aryl methyl sites for hydroxylation is 1. The number of carbonyl (C=O) groups excluding carboxylic acids is 2. The number of rotatable bonds is 9. The number of hydrogen-bond acceptors (Lipinski definition) is 2. The van der Waals surface area contributed by atoms with Crippen LogP contribution >= 0.6 is 0 Å². The molecular weight excluding hydrogens is 350 g/mol. The lowest BCUT2D eigenvalue weighted by Crippen LogP contribution is -2.46. The van der Waals surface area contributed by atoms with E-state index in [2.05, 4.69) is 38.3 Å². The molecular formula is C23H39N3O2. The summed E-state index contributed by atoms with van der Waals surface area (Å²) in [6.07, 6.45) is 5.64. The van der Waals surface area contributed by atoms with Gasteiger partial charge in [-0.2, -0.15) is 0 Å². The summed E-state index contributed by atoms with van der Waals surface area (Å²) in [5.41, 5.74) is 1.33. The lowest BCUT2D eigenvalue weighted by atomic mass is 9.84. The zero-order valence-electron chi connectivity index (χ0n) is 18.9. The zero-order chi connectivity index (χ0) is 21.1. The van der Waals surface area contributed by atoms with Gasteiger partial charge in [0.25, 0.3) is 0 Å². The van der Waals surface area contributed by atoms with Gasteiger partial charge in [0, 0.05) is 37.4 Å². The summed E-state index contributed by atoms with van der Waals surface area (Å²) in [4.78, 5) is 29.8. The van der Waals surface area contributed by atoms with Crippen LogP contribution in [0.25, 0.3) is 0 Å². The van der Waals surface area contributed by atoms with Gasteiger partial charge in [-0.25, -0.2) is 0 Å². The molecule has 0 aliphatic heterocycles. The standard InChI is InChI=1S/C23H39N3O2/c1-17(2)25(21(27)13-18(3)14-23(4,5)6)16-22(28)26(19-10-11-19)15-20-9-8-12-24(20)7/h8-9,12,17-19H,10-11,13-16H2,1-7H3. The summed E-state index contributed by atoms with van der Waals surface area (Å²) in [5.74, 6) is 0.468. The molecule has 158 valence electrons. The highest BCUT2D eigenvalue weighted by Gasteiger charge is 2.34. The van der Waals surface area contributed by atoms with E-state index in [0.717, 1.165) is 25.0 Å². The smallest absolute Gasteiger partial charge is 0.242 e. The van der Waals surface area contributed by atoms with E-state index < -0.39 is 0 Å². The highest BCUT2D eigenvalue weighted by molar-refractivity contribution is 5.85. The van der Waals surface area contributed by atoms with E-state index in [1.165, 1.54) is 0 Å². The fourth-order valence-corrected chi connectivity index (χ4v) is 3.97. The SMILES string of the molecule is CC(CC(=O)N(CC(=O)N(Cc1cccn1C)C1CC1)C(C)C)CC(C)(C)C. The third kappa shape index (κ3) is 6.68. The monoisotopic (exact) mass is 389 g/mol. The average molecular weight is 390 g/mol. The van der Waals surface area contributed by atoms with Crippen LogP contribution in [-0.4, -0.2) is 44.8 Å². The molecule has 0 bridgehead atoms. The van der Waals surface area contributed by atoms with Gasteiger partial charge in [0.1, 0.15) is 0 Å². The van der Waals surface area contributed by atoms with Crippen LogP contribution in [-0.2, 0) is 23.2 Å². The lowest BCUT2D eigenvalue weighted by molar-refractivity contribution is -0.143. The van der Waals surface area contributed by atoms with Crippen molar-refractivity contribution in [3.8, 4) is 0 Å². The minimum absolute atomic E-state index is 0.0226. The second kappa shape index (κ2) is 9.15. The van der Waals surface area contributed by atoms with E-state index in [1.54, 1.807) is 4.90 Å². The van der Waals surface area contributed by atoms with E-state index in [0.29, 0.717) is 24.9 Å². The summed E-state index contributed by atoms with van der Waals surface area (Å²) in [6.45, 7) is 13.5. The molecule has 2 amide bonds. The minimum atomic E-state index is 0.0226. The van der Waals surface area contributed by atoms with Crippen LogP contribution in [0.4, 0.5) is 0 Å². The molecule has 0 saturated heterocycles. The molecule has 1 saturated carbocycles. The number of amides is 2. The maximum Gasteiger partial charge on any atom is 0.242 e. The summed E-state index contributed by atoms with van der Waals surface area (Å²) >= 11 is 0. The van der Waals surface area contributed by atoms with E-state index >= 15 is 0 Å². The number of aromatic nitrogens is 1. The van der Waals surface area contributed by atoms with Crippen LogP contribution in [0.1, 0.15) is 72.9 Å². The van der Waals surface area contributed by atoms with Crippen molar-refractivity contribution in [1.82, 2.24) is 14.4 Å². The molecule has 1 unspecified atom stereocenters. The normalized spacial score (nSPS) is 15.6. The Morgan fingerprint density at radius 3 is 2.29 bits per heavy atom. The Morgan fingerprint density at radius 2 is 1.82 bits per heavy atom. The summed E-state index contributed by atoms with van der Waals surface area (Å²) in [7, 11) is 2.01. The molecule has 0 spiro atoms. The molecule has 28 heavy (non-hydrogen) atoms. The fraction of sp³-hybridized carbons (Fsp3) is 0.739. The van der Waals surface area contributed by atoms with Crippen LogP contribution in [0, 0.1) is 11.3 Å². The Bertz CT molecular complexity index is 668. The molecule has 0 N–H and O–H groups in total. The van der Waals surface area contributed by atoms with Gasteiger partial charge in [-0.05, 0) is 56.6 Å². The Balaban J connectivity index is 2.02. The molecule has 1 aliphatic rings. The first kappa shape index (κ1) is 22.5. The van der Waals surface area contributed by atoms with Gasteiger partial charge in [-0.15, -0.1) is 0 Å². The first-order valence-electron chi connectivity index (χ1n) is 10.7. The molecule has 5 heteroatoms. The van der Waals surface area contributed by atoms with Gasteiger partial charge in [0.15, 0.2) is 0 Å². The highest BCUT2D eigenvalue weighted by Crippen LogP contribution is 2.29. The van der Waals surface area contributed by atoms with Crippen LogP contribution in [0.2, 0.25) is 0 Å². The van der Waals surface area contributed by atoms with Gasteiger partial charge in [-0.1, -0.05) is 27.7 Å². The predicted molar refractivity (Wildman–Crippen MR) is 114 cm³/mol. The van der Waals surface area contributed by atoms with Crippen LogP contribution in [0.3, 0.4) is 0 Å². The molecule has 1 aliphatic carbocycles. The topological polar surface area (TPSA) is 45.6 Å². The second-order valence-electron chi connectivity index (χ2n) is 10.1. The van der Waals surface area contributed by atoms with E-state index in [1.807, 2.05) is 38.1 Å². The number of hydrogen-bond donors (Lipinski definition) is 0. The summed E-state index contributed by atoms with van der Waals surface area (Å²) < 4.78 is 2.06. The Kier molecular flexibility index (Phi) is 7.35. The molecule has 1 aromatic heterocycles.